The maximum absolute atomic E-state index is 12.3. The number of nitrogens with one attached hydrogen (secondary N) is 2. The first-order chi connectivity index (χ1) is 11.0. The standard InChI is InChI=1S/C16H21N3O4/c1-3-23-16(20)14(18-12-8-6-11(2)7-9-12)15(19(21)22)13-5-4-10-17-13/h6-9,14,17-18H,3-5,10H2,1-2H3/b15-13-. The Kier molecular flexibility index (Phi) is 5.56. The Labute approximate surface area is 134 Å². The Morgan fingerprint density at radius 1 is 1.43 bits per heavy atom. The third-order valence-electron chi connectivity index (χ3n) is 3.61. The third kappa shape index (κ3) is 4.21. The summed E-state index contributed by atoms with van der Waals surface area (Å²) in [4.78, 5) is 23.3. The van der Waals surface area contributed by atoms with Gasteiger partial charge in [0.2, 0.25) is 6.04 Å². The smallest absolute Gasteiger partial charge is 0.340 e. The molecule has 1 unspecified atom stereocenters. The molecular formula is C16H21N3O4. The van der Waals surface area contributed by atoms with E-state index < -0.39 is 16.9 Å². The summed E-state index contributed by atoms with van der Waals surface area (Å²) in [7, 11) is 0. The van der Waals surface area contributed by atoms with E-state index in [9.17, 15) is 14.9 Å². The second-order valence-electron chi connectivity index (χ2n) is 5.35. The van der Waals surface area contributed by atoms with Crippen molar-refractivity contribution in [1.29, 1.82) is 0 Å². The van der Waals surface area contributed by atoms with Crippen LogP contribution in [0.4, 0.5) is 5.69 Å². The highest BCUT2D eigenvalue weighted by Crippen LogP contribution is 2.22. The number of aryl methyl sites for hydroxylation is 1. The van der Waals surface area contributed by atoms with Crippen molar-refractivity contribution in [3.8, 4) is 0 Å². The SMILES string of the molecule is CCOC(=O)C(Nc1ccc(C)cc1)/C(=C1\CCCN1)[N+](=O)[O-]. The fourth-order valence-corrected chi connectivity index (χ4v) is 2.48. The minimum atomic E-state index is -1.15. The second-order valence-corrected chi connectivity index (χ2v) is 5.35. The van der Waals surface area contributed by atoms with E-state index in [0.717, 1.165) is 12.0 Å². The molecule has 1 aromatic rings. The molecular weight excluding hydrogens is 298 g/mol. The summed E-state index contributed by atoms with van der Waals surface area (Å²) in [5.74, 6) is -0.652. The average Bonchev–Trinajstić information content (AvgIpc) is 3.02. The van der Waals surface area contributed by atoms with Crippen molar-refractivity contribution in [3.05, 3.63) is 51.3 Å². The highest BCUT2D eigenvalue weighted by molar-refractivity contribution is 5.82. The van der Waals surface area contributed by atoms with Gasteiger partial charge in [0.1, 0.15) is 0 Å². The van der Waals surface area contributed by atoms with Gasteiger partial charge in [-0.15, -0.1) is 0 Å². The Hall–Kier alpha value is -2.57. The predicted octanol–water partition coefficient (Wildman–Crippen LogP) is 2.21. The third-order valence-corrected chi connectivity index (χ3v) is 3.61. The fraction of sp³-hybridized carbons (Fsp3) is 0.438. The van der Waals surface area contributed by atoms with Crippen LogP contribution in [0.3, 0.4) is 0 Å². The summed E-state index contributed by atoms with van der Waals surface area (Å²) >= 11 is 0. The lowest BCUT2D eigenvalue weighted by Crippen LogP contribution is -2.38. The first-order valence-corrected chi connectivity index (χ1v) is 7.64. The van der Waals surface area contributed by atoms with Gasteiger partial charge in [-0.25, -0.2) is 4.79 Å². The van der Waals surface area contributed by atoms with Crippen LogP contribution in [0, 0.1) is 17.0 Å². The largest absolute Gasteiger partial charge is 0.464 e. The van der Waals surface area contributed by atoms with E-state index in [1.54, 1.807) is 19.1 Å². The lowest BCUT2D eigenvalue weighted by molar-refractivity contribution is -0.429. The summed E-state index contributed by atoms with van der Waals surface area (Å²) in [5.41, 5.74) is 2.02. The van der Waals surface area contributed by atoms with E-state index in [1.165, 1.54) is 0 Å². The molecule has 7 nitrogen and oxygen atoms in total. The van der Waals surface area contributed by atoms with Gasteiger partial charge < -0.3 is 15.4 Å². The van der Waals surface area contributed by atoms with Crippen LogP contribution in [-0.2, 0) is 9.53 Å². The van der Waals surface area contributed by atoms with Gasteiger partial charge in [0, 0.05) is 12.2 Å². The maximum Gasteiger partial charge on any atom is 0.340 e. The van der Waals surface area contributed by atoms with Crippen LogP contribution in [0.15, 0.2) is 35.7 Å². The number of allylic oxidation sites excluding steroid dienone is 1. The molecule has 0 saturated carbocycles. The molecule has 1 aromatic carbocycles. The van der Waals surface area contributed by atoms with Crippen molar-refractivity contribution >= 4 is 11.7 Å². The number of benzene rings is 1. The molecule has 7 heteroatoms. The van der Waals surface area contributed by atoms with Gasteiger partial charge in [-0.05, 0) is 38.8 Å². The van der Waals surface area contributed by atoms with Crippen LogP contribution in [0.5, 0.6) is 0 Å². The number of hydrogen-bond donors (Lipinski definition) is 2. The molecule has 124 valence electrons. The zero-order valence-corrected chi connectivity index (χ0v) is 13.3. The number of anilines is 1. The van der Waals surface area contributed by atoms with Crippen molar-refractivity contribution in [1.82, 2.24) is 5.32 Å². The molecule has 0 bridgehead atoms. The lowest BCUT2D eigenvalue weighted by atomic mass is 10.1. The van der Waals surface area contributed by atoms with Gasteiger partial charge in [-0.3, -0.25) is 10.1 Å². The summed E-state index contributed by atoms with van der Waals surface area (Å²) < 4.78 is 5.02. The van der Waals surface area contributed by atoms with Gasteiger partial charge in [0.25, 0.3) is 5.70 Å². The van der Waals surface area contributed by atoms with E-state index in [0.29, 0.717) is 24.4 Å². The molecule has 2 rings (SSSR count). The number of esters is 1. The molecule has 1 fully saturated rings. The van der Waals surface area contributed by atoms with Crippen molar-refractivity contribution in [2.75, 3.05) is 18.5 Å². The molecule has 1 heterocycles. The molecule has 0 spiro atoms. The number of carbonyl (C=O) groups is 1. The van der Waals surface area contributed by atoms with Crippen molar-refractivity contribution in [2.24, 2.45) is 0 Å². The van der Waals surface area contributed by atoms with Crippen LogP contribution in [0.25, 0.3) is 0 Å². The molecule has 0 aliphatic carbocycles. The molecule has 0 radical (unpaired) electrons. The van der Waals surface area contributed by atoms with E-state index in [2.05, 4.69) is 10.6 Å². The van der Waals surface area contributed by atoms with Crippen LogP contribution in [0.1, 0.15) is 25.3 Å². The fourth-order valence-electron chi connectivity index (χ4n) is 2.48. The zero-order chi connectivity index (χ0) is 16.8. The summed E-state index contributed by atoms with van der Waals surface area (Å²) in [5, 5.41) is 17.5. The van der Waals surface area contributed by atoms with Gasteiger partial charge in [-0.2, -0.15) is 0 Å². The Morgan fingerprint density at radius 2 is 2.13 bits per heavy atom. The van der Waals surface area contributed by atoms with Crippen molar-refractivity contribution in [2.45, 2.75) is 32.7 Å². The van der Waals surface area contributed by atoms with Crippen LogP contribution in [-0.4, -0.2) is 30.1 Å². The van der Waals surface area contributed by atoms with E-state index in [4.69, 9.17) is 4.74 Å². The van der Waals surface area contributed by atoms with Crippen molar-refractivity contribution < 1.29 is 14.5 Å². The number of ether oxygens (including phenoxy) is 1. The molecule has 23 heavy (non-hydrogen) atoms. The van der Waals surface area contributed by atoms with Crippen LogP contribution < -0.4 is 10.6 Å². The molecule has 1 saturated heterocycles. The lowest BCUT2D eigenvalue weighted by Gasteiger charge is -2.18. The molecule has 1 aliphatic heterocycles. The number of rotatable bonds is 6. The van der Waals surface area contributed by atoms with Gasteiger partial charge in [0.05, 0.1) is 17.2 Å². The summed E-state index contributed by atoms with van der Waals surface area (Å²) in [6.07, 6.45) is 1.37. The molecule has 1 aliphatic rings. The number of nitro groups is 1. The number of hydrogen-bond acceptors (Lipinski definition) is 6. The topological polar surface area (TPSA) is 93.5 Å². The van der Waals surface area contributed by atoms with E-state index >= 15 is 0 Å². The Morgan fingerprint density at radius 3 is 2.65 bits per heavy atom. The first-order valence-electron chi connectivity index (χ1n) is 7.64. The zero-order valence-electron chi connectivity index (χ0n) is 13.3. The van der Waals surface area contributed by atoms with Crippen LogP contribution in [0.2, 0.25) is 0 Å². The molecule has 0 amide bonds. The minimum Gasteiger partial charge on any atom is -0.464 e. The monoisotopic (exact) mass is 319 g/mol. The molecule has 2 N–H and O–H groups in total. The van der Waals surface area contributed by atoms with Crippen LogP contribution >= 0.6 is 0 Å². The van der Waals surface area contributed by atoms with Gasteiger partial charge >= 0.3 is 5.97 Å². The van der Waals surface area contributed by atoms with Gasteiger partial charge in [-0.1, -0.05) is 17.7 Å². The highest BCUT2D eigenvalue weighted by atomic mass is 16.6. The maximum atomic E-state index is 12.3. The highest BCUT2D eigenvalue weighted by Gasteiger charge is 2.37. The first kappa shape index (κ1) is 16.8. The molecule has 1 atom stereocenters. The Bertz CT molecular complexity index is 602. The van der Waals surface area contributed by atoms with E-state index in [1.807, 2.05) is 19.1 Å². The summed E-state index contributed by atoms with van der Waals surface area (Å²) in [6, 6.07) is 6.17. The van der Waals surface area contributed by atoms with Gasteiger partial charge in [0.15, 0.2) is 0 Å². The average molecular weight is 319 g/mol. The Balaban J connectivity index is 2.35. The number of nitrogens with zero attached hydrogens (tertiary/aromatic N) is 1. The number of carbonyl (C=O) groups excluding carboxylic acids is 1. The quantitative estimate of drug-likeness (QED) is 0.474. The van der Waals surface area contributed by atoms with E-state index in [-0.39, 0.29) is 12.3 Å². The predicted molar refractivity (Wildman–Crippen MR) is 86.5 cm³/mol. The normalized spacial score (nSPS) is 17.1. The second kappa shape index (κ2) is 7.62. The van der Waals surface area contributed by atoms with Crippen molar-refractivity contribution in [3.63, 3.8) is 0 Å². The minimum absolute atomic E-state index is 0.165. The summed E-state index contributed by atoms with van der Waals surface area (Å²) in [6.45, 7) is 4.46. The molecule has 0 aromatic heterocycles.